The predicted octanol–water partition coefficient (Wildman–Crippen LogP) is 0.404. The summed E-state index contributed by atoms with van der Waals surface area (Å²) >= 11 is 0. The van der Waals surface area contributed by atoms with Crippen molar-refractivity contribution in [3.8, 4) is 0 Å². The second-order valence-corrected chi connectivity index (χ2v) is 1.97. The third-order valence-electron chi connectivity index (χ3n) is 1.02. The number of oxime groups is 1. The van der Waals surface area contributed by atoms with E-state index in [1.807, 2.05) is 0 Å². The molecular weight excluding hydrogens is 158 g/mol. The van der Waals surface area contributed by atoms with Gasteiger partial charge in [-0.3, -0.25) is 4.90 Å². The molecule has 0 aromatic heterocycles. The summed E-state index contributed by atoms with van der Waals surface area (Å²) in [5.74, 6) is 0. The van der Waals surface area contributed by atoms with Gasteiger partial charge in [0.2, 0.25) is 0 Å². The maximum atomic E-state index is 10.8. The quantitative estimate of drug-likeness (QED) is 0.219. The lowest BCUT2D eigenvalue weighted by Crippen LogP contribution is -2.33. The van der Waals surface area contributed by atoms with Crippen molar-refractivity contribution in [2.75, 3.05) is 20.7 Å². The predicted molar refractivity (Wildman–Crippen MR) is 46.9 cm³/mol. The molecule has 0 atom stereocenters. The van der Waals surface area contributed by atoms with E-state index < -0.39 is 0 Å². The highest BCUT2D eigenvalue weighted by Gasteiger charge is 2.00. The first-order valence-corrected chi connectivity index (χ1v) is 3.43. The Morgan fingerprint density at radius 3 is 3.00 bits per heavy atom. The molecule has 0 aliphatic carbocycles. The van der Waals surface area contributed by atoms with Gasteiger partial charge in [-0.25, -0.2) is 4.79 Å². The van der Waals surface area contributed by atoms with Gasteiger partial charge in [0, 0.05) is 14.1 Å². The lowest BCUT2D eigenvalue weighted by atomic mass is 10.7. The van der Waals surface area contributed by atoms with Gasteiger partial charge in [0.1, 0.15) is 12.9 Å². The fourth-order valence-corrected chi connectivity index (χ4v) is 0.429. The van der Waals surface area contributed by atoms with Crippen LogP contribution < -0.4 is 5.32 Å². The summed E-state index contributed by atoms with van der Waals surface area (Å²) in [7, 11) is 3.11. The van der Waals surface area contributed by atoms with Crippen molar-refractivity contribution in [1.82, 2.24) is 10.2 Å². The van der Waals surface area contributed by atoms with Gasteiger partial charge < -0.3 is 10.2 Å². The average molecular weight is 171 g/mol. The van der Waals surface area contributed by atoms with Crippen molar-refractivity contribution in [3.05, 3.63) is 12.7 Å². The molecule has 0 unspecified atom stereocenters. The normalized spacial score (nSPS) is 9.50. The molecule has 0 heterocycles. The van der Waals surface area contributed by atoms with Gasteiger partial charge in [-0.05, 0) is 0 Å². The fourth-order valence-electron chi connectivity index (χ4n) is 0.429. The molecule has 0 bridgehead atoms. The smallest absolute Gasteiger partial charge is 0.322 e. The second-order valence-electron chi connectivity index (χ2n) is 1.97. The van der Waals surface area contributed by atoms with Crippen LogP contribution in [0.1, 0.15) is 0 Å². The molecule has 0 radical (unpaired) electrons. The molecule has 0 aliphatic rings. The van der Waals surface area contributed by atoms with Crippen LogP contribution >= 0.6 is 0 Å². The molecule has 0 fully saturated rings. The minimum Gasteiger partial charge on any atom is -0.390 e. The van der Waals surface area contributed by atoms with Crippen LogP contribution in [0, 0.1) is 0 Å². The van der Waals surface area contributed by atoms with Crippen LogP contribution in [-0.2, 0) is 4.84 Å². The number of hydrogen-bond acceptors (Lipinski definition) is 3. The fraction of sp³-hybridized carbons (Fsp3) is 0.429. The summed E-state index contributed by atoms with van der Waals surface area (Å²) in [6.07, 6.45) is 2.85. The van der Waals surface area contributed by atoms with E-state index >= 15 is 0 Å². The number of carbonyl (C=O) groups is 1. The van der Waals surface area contributed by atoms with E-state index in [1.54, 1.807) is 13.1 Å². The summed E-state index contributed by atoms with van der Waals surface area (Å²) in [6.45, 7) is 3.77. The number of nitrogens with zero attached hydrogens (tertiary/aromatic N) is 2. The van der Waals surface area contributed by atoms with Gasteiger partial charge in [-0.2, -0.15) is 0 Å². The van der Waals surface area contributed by atoms with E-state index in [2.05, 4.69) is 21.9 Å². The number of carbonyl (C=O) groups excluding carboxylic acids is 1. The van der Waals surface area contributed by atoms with Crippen molar-refractivity contribution in [2.45, 2.75) is 0 Å². The Bertz CT molecular complexity index is 179. The molecule has 0 spiro atoms. The van der Waals surface area contributed by atoms with Crippen LogP contribution in [-0.4, -0.2) is 38.0 Å². The zero-order chi connectivity index (χ0) is 9.40. The maximum Gasteiger partial charge on any atom is 0.322 e. The van der Waals surface area contributed by atoms with E-state index in [4.69, 9.17) is 0 Å². The molecule has 5 nitrogen and oxygen atoms in total. The average Bonchev–Trinajstić information content (AvgIpc) is 2.10. The highest BCUT2D eigenvalue weighted by molar-refractivity contribution is 5.85. The molecule has 0 aromatic rings. The Morgan fingerprint density at radius 2 is 2.50 bits per heavy atom. The minimum absolute atomic E-state index is 0.249. The first-order chi connectivity index (χ1) is 5.72. The largest absolute Gasteiger partial charge is 0.390 e. The van der Waals surface area contributed by atoms with Gasteiger partial charge in [-0.1, -0.05) is 17.8 Å². The highest BCUT2D eigenvalue weighted by Crippen LogP contribution is 1.80. The van der Waals surface area contributed by atoms with E-state index in [9.17, 15) is 4.79 Å². The first kappa shape index (κ1) is 10.5. The van der Waals surface area contributed by atoms with E-state index in [-0.39, 0.29) is 6.03 Å². The van der Waals surface area contributed by atoms with E-state index in [0.717, 1.165) is 0 Å². The molecule has 0 aromatic carbocycles. The minimum atomic E-state index is -0.249. The van der Waals surface area contributed by atoms with E-state index in [1.165, 1.54) is 18.3 Å². The number of amides is 2. The van der Waals surface area contributed by atoms with Crippen molar-refractivity contribution in [2.24, 2.45) is 5.16 Å². The molecule has 5 heteroatoms. The summed E-state index contributed by atoms with van der Waals surface area (Å²) in [5.41, 5.74) is 0. The summed E-state index contributed by atoms with van der Waals surface area (Å²) in [4.78, 5) is 16.8. The maximum absolute atomic E-state index is 10.8. The van der Waals surface area contributed by atoms with Gasteiger partial charge in [0.25, 0.3) is 0 Å². The Kier molecular flexibility index (Phi) is 5.42. The Balaban J connectivity index is 3.66. The lowest BCUT2D eigenvalue weighted by Gasteiger charge is -2.08. The summed E-state index contributed by atoms with van der Waals surface area (Å²) in [5, 5.41) is 5.92. The number of rotatable bonds is 4. The van der Waals surface area contributed by atoms with Crippen LogP contribution in [0.4, 0.5) is 4.79 Å². The zero-order valence-corrected chi connectivity index (χ0v) is 7.28. The number of hydrogen-bond donors (Lipinski definition) is 1. The van der Waals surface area contributed by atoms with Crippen LogP contribution in [0.5, 0.6) is 0 Å². The van der Waals surface area contributed by atoms with Gasteiger partial charge in [0.05, 0.1) is 0 Å². The topological polar surface area (TPSA) is 53.9 Å². The molecule has 2 amide bonds. The first-order valence-electron chi connectivity index (χ1n) is 3.43. The Morgan fingerprint density at radius 1 is 1.83 bits per heavy atom. The van der Waals surface area contributed by atoms with Crippen LogP contribution in [0.2, 0.25) is 0 Å². The number of nitrogens with one attached hydrogen (secondary N) is 1. The summed E-state index contributed by atoms with van der Waals surface area (Å²) < 4.78 is 0. The Hall–Kier alpha value is -1.52. The van der Waals surface area contributed by atoms with Gasteiger partial charge >= 0.3 is 6.03 Å². The standard InChI is InChI=1S/C7H13N3O2/c1-4-5-12-9-6-10(3)7(11)8-2/h4,6H,1,5H2,2-3H3,(H,8,11)/b9-6+. The summed E-state index contributed by atoms with van der Waals surface area (Å²) in [6, 6.07) is -0.249. The Labute approximate surface area is 71.7 Å². The van der Waals surface area contributed by atoms with Crippen LogP contribution in [0.3, 0.4) is 0 Å². The molecular formula is C7H13N3O2. The second kappa shape index (κ2) is 6.21. The molecule has 0 rings (SSSR count). The van der Waals surface area contributed by atoms with Crippen LogP contribution in [0.15, 0.2) is 17.8 Å². The lowest BCUT2D eigenvalue weighted by molar-refractivity contribution is 0.172. The third-order valence-corrected chi connectivity index (χ3v) is 1.02. The molecule has 12 heavy (non-hydrogen) atoms. The SMILES string of the molecule is C=CCO/N=C/N(C)C(=O)NC. The molecule has 1 N–H and O–H groups in total. The number of urea groups is 1. The van der Waals surface area contributed by atoms with Gasteiger partial charge in [0.15, 0.2) is 0 Å². The molecule has 68 valence electrons. The monoisotopic (exact) mass is 171 g/mol. The zero-order valence-electron chi connectivity index (χ0n) is 7.28. The van der Waals surface area contributed by atoms with Crippen molar-refractivity contribution in [3.63, 3.8) is 0 Å². The molecule has 0 saturated heterocycles. The van der Waals surface area contributed by atoms with Crippen molar-refractivity contribution in [1.29, 1.82) is 0 Å². The van der Waals surface area contributed by atoms with E-state index in [0.29, 0.717) is 6.61 Å². The molecule has 0 aliphatic heterocycles. The van der Waals surface area contributed by atoms with Gasteiger partial charge in [-0.15, -0.1) is 0 Å². The third kappa shape index (κ3) is 4.32. The van der Waals surface area contributed by atoms with Crippen molar-refractivity contribution < 1.29 is 9.63 Å². The van der Waals surface area contributed by atoms with Crippen LogP contribution in [0.25, 0.3) is 0 Å². The van der Waals surface area contributed by atoms with Crippen molar-refractivity contribution >= 4 is 12.4 Å². The molecule has 0 saturated carbocycles. The highest BCUT2D eigenvalue weighted by atomic mass is 16.6.